The number of nitrogens with zero attached hydrogens (tertiary/aromatic N) is 1. The van der Waals surface area contributed by atoms with Gasteiger partial charge in [0.25, 0.3) is 5.91 Å². The predicted molar refractivity (Wildman–Crippen MR) is 129 cm³/mol. The van der Waals surface area contributed by atoms with Gasteiger partial charge in [0.05, 0.1) is 7.11 Å². The van der Waals surface area contributed by atoms with Gasteiger partial charge in [0.1, 0.15) is 18.1 Å². The summed E-state index contributed by atoms with van der Waals surface area (Å²) < 4.78 is 16.7. The van der Waals surface area contributed by atoms with E-state index in [1.165, 1.54) is 0 Å². The lowest BCUT2D eigenvalue weighted by Gasteiger charge is -2.23. The van der Waals surface area contributed by atoms with Gasteiger partial charge in [-0.1, -0.05) is 49.4 Å². The number of hydrogen-bond acceptors (Lipinski definition) is 5. The van der Waals surface area contributed by atoms with Gasteiger partial charge >= 0.3 is 6.09 Å². The molecule has 0 aromatic heterocycles. The number of ether oxygens (including phenoxy) is 3. The highest BCUT2D eigenvalue weighted by Crippen LogP contribution is 2.30. The van der Waals surface area contributed by atoms with Crippen LogP contribution in [0.4, 0.5) is 10.5 Å². The van der Waals surface area contributed by atoms with Gasteiger partial charge in [-0.15, -0.1) is 0 Å². The maximum atomic E-state index is 13.2. The monoisotopic (exact) mass is 460 g/mol. The summed E-state index contributed by atoms with van der Waals surface area (Å²) in [6, 6.07) is 22.5. The van der Waals surface area contributed by atoms with Crippen molar-refractivity contribution in [3.05, 3.63) is 89.5 Å². The molecule has 0 saturated heterocycles. The third-order valence-electron chi connectivity index (χ3n) is 5.62. The van der Waals surface area contributed by atoms with Crippen LogP contribution in [0.25, 0.3) is 0 Å². The molecule has 1 aliphatic heterocycles. The average Bonchev–Trinajstić information content (AvgIpc) is 2.99. The number of nitrogens with one attached hydrogen (secondary N) is 1. The van der Waals surface area contributed by atoms with E-state index in [-0.39, 0.29) is 12.5 Å². The summed E-state index contributed by atoms with van der Waals surface area (Å²) in [7, 11) is 1.62. The van der Waals surface area contributed by atoms with E-state index in [2.05, 4.69) is 5.32 Å². The predicted octanol–water partition coefficient (Wildman–Crippen LogP) is 5.14. The van der Waals surface area contributed by atoms with Crippen LogP contribution in [-0.2, 0) is 29.2 Å². The molecule has 0 aliphatic carbocycles. The molecular formula is C27H28N2O5. The second-order valence-corrected chi connectivity index (χ2v) is 8.07. The molecule has 0 radical (unpaired) electrons. The van der Waals surface area contributed by atoms with Crippen LogP contribution in [0.5, 0.6) is 11.5 Å². The maximum Gasteiger partial charge on any atom is 0.411 e. The van der Waals surface area contributed by atoms with Gasteiger partial charge in [-0.25, -0.2) is 4.79 Å². The Balaban J connectivity index is 1.49. The zero-order valence-corrected chi connectivity index (χ0v) is 19.3. The first-order valence-electron chi connectivity index (χ1n) is 11.2. The Labute approximate surface area is 199 Å². The highest BCUT2D eigenvalue weighted by molar-refractivity contribution is 5.85. The maximum absolute atomic E-state index is 13.2. The highest BCUT2D eigenvalue weighted by Gasteiger charge is 2.30. The number of carbonyl (C=O) groups excluding carboxylic acids is 2. The summed E-state index contributed by atoms with van der Waals surface area (Å²) in [6.07, 6.45) is -0.561. The van der Waals surface area contributed by atoms with E-state index in [1.807, 2.05) is 67.6 Å². The van der Waals surface area contributed by atoms with Crippen molar-refractivity contribution in [2.75, 3.05) is 12.4 Å². The van der Waals surface area contributed by atoms with Crippen molar-refractivity contribution in [3.8, 4) is 11.5 Å². The van der Waals surface area contributed by atoms with E-state index in [0.29, 0.717) is 30.9 Å². The van der Waals surface area contributed by atoms with Crippen LogP contribution < -0.4 is 14.8 Å². The normalized spacial score (nSPS) is 15.1. The van der Waals surface area contributed by atoms with Crippen LogP contribution in [0.3, 0.4) is 0 Å². The van der Waals surface area contributed by atoms with Gasteiger partial charge in [0, 0.05) is 24.3 Å². The van der Waals surface area contributed by atoms with Gasteiger partial charge in [-0.05, 0) is 47.9 Å². The van der Waals surface area contributed by atoms with Crippen LogP contribution in [0.1, 0.15) is 30.0 Å². The Bertz CT molecular complexity index is 1150. The van der Waals surface area contributed by atoms with E-state index in [0.717, 1.165) is 22.4 Å². The molecule has 7 nitrogen and oxygen atoms in total. The molecule has 3 aromatic rings. The van der Waals surface area contributed by atoms with Gasteiger partial charge in [-0.3, -0.25) is 10.1 Å². The quantitative estimate of drug-likeness (QED) is 0.528. The summed E-state index contributed by atoms with van der Waals surface area (Å²) in [4.78, 5) is 27.2. The van der Waals surface area contributed by atoms with E-state index < -0.39 is 12.2 Å². The Morgan fingerprint density at radius 2 is 1.85 bits per heavy atom. The van der Waals surface area contributed by atoms with Crippen molar-refractivity contribution in [1.82, 2.24) is 4.90 Å². The number of hydrogen-bond donors (Lipinski definition) is 1. The molecule has 0 fully saturated rings. The molecular weight excluding hydrogens is 432 g/mol. The molecule has 0 saturated carbocycles. The molecule has 1 atom stereocenters. The topological polar surface area (TPSA) is 77.1 Å². The van der Waals surface area contributed by atoms with Gasteiger partial charge in [0.15, 0.2) is 6.10 Å². The lowest BCUT2D eigenvalue weighted by atomic mass is 10.1. The van der Waals surface area contributed by atoms with Crippen LogP contribution in [0, 0.1) is 0 Å². The minimum atomic E-state index is -0.568. The Kier molecular flexibility index (Phi) is 7.32. The lowest BCUT2D eigenvalue weighted by Crippen LogP contribution is -2.38. The lowest BCUT2D eigenvalue weighted by molar-refractivity contribution is -0.139. The summed E-state index contributed by atoms with van der Waals surface area (Å²) >= 11 is 0. The first-order valence-corrected chi connectivity index (χ1v) is 11.2. The van der Waals surface area contributed by atoms with E-state index in [9.17, 15) is 9.59 Å². The fourth-order valence-electron chi connectivity index (χ4n) is 3.85. The molecule has 1 N–H and O–H groups in total. The van der Waals surface area contributed by atoms with Crippen LogP contribution in [0.15, 0.2) is 72.8 Å². The zero-order valence-electron chi connectivity index (χ0n) is 19.3. The number of benzene rings is 3. The summed E-state index contributed by atoms with van der Waals surface area (Å²) in [5, 5.41) is 2.76. The summed E-state index contributed by atoms with van der Waals surface area (Å²) in [5.74, 6) is 1.30. The molecule has 0 spiro atoms. The number of anilines is 1. The Morgan fingerprint density at radius 3 is 2.62 bits per heavy atom. The first-order chi connectivity index (χ1) is 16.6. The van der Waals surface area contributed by atoms with Crippen molar-refractivity contribution >= 4 is 17.7 Å². The third-order valence-corrected chi connectivity index (χ3v) is 5.62. The number of methoxy groups -OCH3 is 1. The summed E-state index contributed by atoms with van der Waals surface area (Å²) in [5.41, 5.74) is 3.26. The third kappa shape index (κ3) is 5.67. The summed E-state index contributed by atoms with van der Waals surface area (Å²) in [6.45, 7) is 2.89. The average molecular weight is 461 g/mol. The molecule has 1 aliphatic rings. The van der Waals surface area contributed by atoms with E-state index in [1.54, 1.807) is 24.1 Å². The van der Waals surface area contributed by atoms with E-state index in [4.69, 9.17) is 14.2 Å². The largest absolute Gasteiger partial charge is 0.497 e. The van der Waals surface area contributed by atoms with Gasteiger partial charge in [-0.2, -0.15) is 0 Å². The van der Waals surface area contributed by atoms with Crippen molar-refractivity contribution in [2.24, 2.45) is 0 Å². The van der Waals surface area contributed by atoms with Crippen LogP contribution >= 0.6 is 0 Å². The molecule has 7 heteroatoms. The second-order valence-electron chi connectivity index (χ2n) is 8.07. The molecule has 1 unspecified atom stereocenters. The minimum Gasteiger partial charge on any atom is -0.497 e. The smallest absolute Gasteiger partial charge is 0.411 e. The van der Waals surface area contributed by atoms with Crippen molar-refractivity contribution in [2.45, 2.75) is 39.1 Å². The molecule has 2 amide bonds. The minimum absolute atomic E-state index is 0.0710. The van der Waals surface area contributed by atoms with Gasteiger partial charge in [0.2, 0.25) is 0 Å². The first kappa shape index (κ1) is 23.2. The molecule has 4 rings (SSSR count). The SMILES string of the molecule is CCC1Oc2ccc(NC(=O)OCc3ccccc3)cc2CN(Cc2cccc(OC)c2)C1=O. The second kappa shape index (κ2) is 10.7. The number of amides is 2. The zero-order chi connectivity index (χ0) is 23.9. The van der Waals surface area contributed by atoms with E-state index >= 15 is 0 Å². The Hall–Kier alpha value is -4.00. The molecule has 3 aromatic carbocycles. The number of carbonyl (C=O) groups is 2. The molecule has 34 heavy (non-hydrogen) atoms. The van der Waals surface area contributed by atoms with Crippen LogP contribution in [0.2, 0.25) is 0 Å². The highest BCUT2D eigenvalue weighted by atomic mass is 16.5. The van der Waals surface area contributed by atoms with Crippen molar-refractivity contribution in [3.63, 3.8) is 0 Å². The van der Waals surface area contributed by atoms with Crippen molar-refractivity contribution < 1.29 is 23.8 Å². The standard InChI is InChI=1S/C27H28N2O5/c1-3-24-26(30)29(16-20-10-7-11-23(14-20)32-2)17-21-15-22(12-13-25(21)34-24)28-27(31)33-18-19-8-5-4-6-9-19/h4-15,24H,3,16-18H2,1-2H3,(H,28,31). The molecule has 0 bridgehead atoms. The van der Waals surface area contributed by atoms with Crippen LogP contribution in [-0.4, -0.2) is 30.1 Å². The molecule has 1 heterocycles. The number of fused-ring (bicyclic) bond motifs is 1. The Morgan fingerprint density at radius 1 is 1.06 bits per heavy atom. The van der Waals surface area contributed by atoms with Crippen molar-refractivity contribution in [1.29, 1.82) is 0 Å². The number of rotatable bonds is 7. The fraction of sp³-hybridized carbons (Fsp3) is 0.259. The van der Waals surface area contributed by atoms with Gasteiger partial charge < -0.3 is 19.1 Å². The molecule has 176 valence electrons. The fourth-order valence-corrected chi connectivity index (χ4v) is 3.85.